The predicted molar refractivity (Wildman–Crippen MR) is 72.6 cm³/mol. The molecule has 0 radical (unpaired) electrons. The van der Waals surface area contributed by atoms with Crippen LogP contribution in [0.25, 0.3) is 10.2 Å². The number of carboxylic acid groups (broad SMARTS) is 1. The third-order valence-corrected chi connectivity index (χ3v) is 5.45. The number of aromatic carboxylic acids is 1. The molecule has 18 heavy (non-hydrogen) atoms. The molecule has 0 bridgehead atoms. The molecule has 94 valence electrons. The Morgan fingerprint density at radius 2 is 2.33 bits per heavy atom. The molecule has 1 N–H and O–H groups in total. The molecule has 0 amide bonds. The Labute approximate surface area is 112 Å². The minimum Gasteiger partial charge on any atom is -0.477 e. The Hall–Kier alpha value is -1.14. The van der Waals surface area contributed by atoms with E-state index in [-0.39, 0.29) is 0 Å². The Morgan fingerprint density at radius 1 is 1.56 bits per heavy atom. The van der Waals surface area contributed by atoms with Crippen LogP contribution >= 0.6 is 23.1 Å². The lowest BCUT2D eigenvalue weighted by molar-refractivity contribution is 0.0701. The van der Waals surface area contributed by atoms with Gasteiger partial charge in [-0.2, -0.15) is 0 Å². The molecule has 1 aliphatic rings. The summed E-state index contributed by atoms with van der Waals surface area (Å²) >= 11 is 2.95. The van der Waals surface area contributed by atoms with Crippen LogP contribution in [0.5, 0.6) is 0 Å². The molecule has 6 heteroatoms. The van der Waals surface area contributed by atoms with E-state index in [1.165, 1.54) is 30.5 Å². The minimum atomic E-state index is -0.881. The van der Waals surface area contributed by atoms with Gasteiger partial charge in [-0.1, -0.05) is 0 Å². The molecule has 2 aromatic rings. The van der Waals surface area contributed by atoms with E-state index in [9.17, 15) is 4.79 Å². The molecular weight excluding hydrogens is 268 g/mol. The summed E-state index contributed by atoms with van der Waals surface area (Å²) in [7, 11) is 0. The van der Waals surface area contributed by atoms with Gasteiger partial charge in [-0.05, 0) is 31.2 Å². The van der Waals surface area contributed by atoms with Crippen LogP contribution < -0.4 is 0 Å². The van der Waals surface area contributed by atoms with Gasteiger partial charge in [0.25, 0.3) is 0 Å². The number of nitrogens with zero attached hydrogens (tertiary/aromatic N) is 2. The molecule has 2 heterocycles. The second kappa shape index (κ2) is 4.51. The van der Waals surface area contributed by atoms with Crippen molar-refractivity contribution in [2.45, 2.75) is 24.8 Å². The third kappa shape index (κ3) is 2.10. The van der Waals surface area contributed by atoms with Crippen LogP contribution in [-0.2, 0) is 0 Å². The van der Waals surface area contributed by atoms with Crippen molar-refractivity contribution < 1.29 is 9.90 Å². The van der Waals surface area contributed by atoms with Crippen LogP contribution in [0.3, 0.4) is 0 Å². The first-order valence-electron chi connectivity index (χ1n) is 5.77. The average Bonchev–Trinajstić information content (AvgIpc) is 3.10. The van der Waals surface area contributed by atoms with Crippen LogP contribution in [0.15, 0.2) is 11.4 Å². The summed E-state index contributed by atoms with van der Waals surface area (Å²) in [4.78, 5) is 20.8. The van der Waals surface area contributed by atoms with Gasteiger partial charge in [0, 0.05) is 11.1 Å². The zero-order chi connectivity index (χ0) is 12.7. The molecule has 0 spiro atoms. The summed E-state index contributed by atoms with van der Waals surface area (Å²) < 4.78 is 0. The number of hydrogen-bond acceptors (Lipinski definition) is 5. The highest BCUT2D eigenvalue weighted by atomic mass is 32.2. The number of aryl methyl sites for hydroxylation is 1. The normalized spacial score (nSPS) is 15.2. The summed E-state index contributed by atoms with van der Waals surface area (Å²) in [6, 6.07) is 0. The van der Waals surface area contributed by atoms with Crippen LogP contribution in [0, 0.1) is 12.8 Å². The van der Waals surface area contributed by atoms with E-state index in [0.29, 0.717) is 4.88 Å². The van der Waals surface area contributed by atoms with Crippen LogP contribution in [0.2, 0.25) is 0 Å². The number of thiophene rings is 1. The number of carboxylic acids is 1. The standard InChI is InChI=1S/C12H12N2O2S2/c1-6-8-10(17-4-7-2-3-7)13-5-14-11(8)18-9(6)12(15)16/h5,7H,2-4H2,1H3,(H,15,16). The smallest absolute Gasteiger partial charge is 0.346 e. The molecule has 0 aromatic carbocycles. The van der Waals surface area contributed by atoms with Crippen molar-refractivity contribution in [2.75, 3.05) is 5.75 Å². The Kier molecular flexibility index (Phi) is 2.99. The van der Waals surface area contributed by atoms with Gasteiger partial charge >= 0.3 is 5.97 Å². The molecule has 0 saturated heterocycles. The maximum absolute atomic E-state index is 11.1. The van der Waals surface area contributed by atoms with Gasteiger partial charge in [0.1, 0.15) is 21.1 Å². The maximum atomic E-state index is 11.1. The third-order valence-electron chi connectivity index (χ3n) is 3.04. The second-order valence-electron chi connectivity index (χ2n) is 4.47. The van der Waals surface area contributed by atoms with E-state index < -0.39 is 5.97 Å². The van der Waals surface area contributed by atoms with Gasteiger partial charge in [-0.3, -0.25) is 0 Å². The van der Waals surface area contributed by atoms with E-state index in [0.717, 1.165) is 32.5 Å². The zero-order valence-corrected chi connectivity index (χ0v) is 11.5. The first kappa shape index (κ1) is 11.9. The largest absolute Gasteiger partial charge is 0.477 e. The monoisotopic (exact) mass is 280 g/mol. The lowest BCUT2D eigenvalue weighted by atomic mass is 10.2. The molecular formula is C12H12N2O2S2. The van der Waals surface area contributed by atoms with Gasteiger partial charge in [-0.25, -0.2) is 14.8 Å². The van der Waals surface area contributed by atoms with Crippen molar-refractivity contribution >= 4 is 39.3 Å². The molecule has 3 rings (SSSR count). The summed E-state index contributed by atoms with van der Waals surface area (Å²) in [6.45, 7) is 1.84. The van der Waals surface area contributed by atoms with Crippen molar-refractivity contribution in [3.8, 4) is 0 Å². The highest BCUT2D eigenvalue weighted by Gasteiger charge is 2.23. The topological polar surface area (TPSA) is 63.1 Å². The zero-order valence-electron chi connectivity index (χ0n) is 9.84. The Morgan fingerprint density at radius 3 is 3.00 bits per heavy atom. The van der Waals surface area contributed by atoms with Gasteiger partial charge in [0.05, 0.1) is 0 Å². The highest BCUT2D eigenvalue weighted by Crippen LogP contribution is 2.39. The van der Waals surface area contributed by atoms with E-state index in [2.05, 4.69) is 9.97 Å². The number of aromatic nitrogens is 2. The van der Waals surface area contributed by atoms with Crippen molar-refractivity contribution in [3.05, 3.63) is 16.8 Å². The molecule has 0 aliphatic heterocycles. The van der Waals surface area contributed by atoms with Crippen molar-refractivity contribution in [3.63, 3.8) is 0 Å². The molecule has 0 atom stereocenters. The summed E-state index contributed by atoms with van der Waals surface area (Å²) in [5, 5.41) is 11.0. The summed E-state index contributed by atoms with van der Waals surface area (Å²) in [6.07, 6.45) is 4.15. The first-order valence-corrected chi connectivity index (χ1v) is 7.57. The van der Waals surface area contributed by atoms with E-state index in [1.54, 1.807) is 11.8 Å². The lowest BCUT2D eigenvalue weighted by Crippen LogP contribution is -1.94. The average molecular weight is 280 g/mol. The SMILES string of the molecule is Cc1c(C(=O)O)sc2ncnc(SCC3CC3)c12. The van der Waals surface area contributed by atoms with Crippen molar-refractivity contribution in [1.29, 1.82) is 0 Å². The van der Waals surface area contributed by atoms with Gasteiger partial charge < -0.3 is 5.11 Å². The Balaban J connectivity index is 2.04. The number of rotatable bonds is 4. The summed E-state index contributed by atoms with van der Waals surface area (Å²) in [5.41, 5.74) is 0.793. The first-order chi connectivity index (χ1) is 8.66. The predicted octanol–water partition coefficient (Wildman–Crippen LogP) is 3.20. The molecule has 0 unspecified atom stereocenters. The second-order valence-corrected chi connectivity index (χ2v) is 6.48. The molecule has 1 saturated carbocycles. The van der Waals surface area contributed by atoms with Gasteiger partial charge in [-0.15, -0.1) is 23.1 Å². The molecule has 2 aromatic heterocycles. The summed E-state index contributed by atoms with van der Waals surface area (Å²) in [5.74, 6) is 1.01. The number of fused-ring (bicyclic) bond motifs is 1. The number of thioether (sulfide) groups is 1. The fourth-order valence-corrected chi connectivity index (χ4v) is 4.13. The van der Waals surface area contributed by atoms with Gasteiger partial charge in [0.2, 0.25) is 0 Å². The van der Waals surface area contributed by atoms with Crippen LogP contribution in [0.4, 0.5) is 0 Å². The van der Waals surface area contributed by atoms with E-state index >= 15 is 0 Å². The lowest BCUT2D eigenvalue weighted by Gasteiger charge is -2.01. The molecule has 1 fully saturated rings. The van der Waals surface area contributed by atoms with Crippen molar-refractivity contribution in [2.24, 2.45) is 5.92 Å². The van der Waals surface area contributed by atoms with Crippen molar-refractivity contribution in [1.82, 2.24) is 9.97 Å². The fraction of sp³-hybridized carbons (Fsp3) is 0.417. The van der Waals surface area contributed by atoms with Gasteiger partial charge in [0.15, 0.2) is 0 Å². The highest BCUT2D eigenvalue weighted by molar-refractivity contribution is 7.99. The number of hydrogen-bond donors (Lipinski definition) is 1. The Bertz CT molecular complexity index is 620. The molecule has 1 aliphatic carbocycles. The van der Waals surface area contributed by atoms with Crippen LogP contribution in [-0.4, -0.2) is 26.8 Å². The van der Waals surface area contributed by atoms with Crippen LogP contribution in [0.1, 0.15) is 28.1 Å². The minimum absolute atomic E-state index is 0.374. The quantitative estimate of drug-likeness (QED) is 0.688. The van der Waals surface area contributed by atoms with E-state index in [4.69, 9.17) is 5.11 Å². The molecule has 4 nitrogen and oxygen atoms in total. The maximum Gasteiger partial charge on any atom is 0.346 e. The number of carbonyl (C=O) groups is 1. The fourth-order valence-electron chi connectivity index (χ4n) is 1.83. The van der Waals surface area contributed by atoms with E-state index in [1.807, 2.05) is 6.92 Å².